The van der Waals surface area contributed by atoms with Gasteiger partial charge in [0.2, 0.25) is 0 Å². The molecule has 1 aromatic heterocycles. The SMILES string of the molecule is CC1CC2CCCCC2N1C(=O)c1cnsn1. The Morgan fingerprint density at radius 2 is 2.29 bits per heavy atom. The van der Waals surface area contributed by atoms with Gasteiger partial charge in [0.1, 0.15) is 0 Å². The Labute approximate surface area is 105 Å². The fourth-order valence-corrected chi connectivity index (χ4v) is 3.86. The summed E-state index contributed by atoms with van der Waals surface area (Å²) in [4.78, 5) is 14.5. The van der Waals surface area contributed by atoms with Crippen LogP contribution in [0.25, 0.3) is 0 Å². The van der Waals surface area contributed by atoms with Crippen molar-refractivity contribution in [2.45, 2.75) is 51.1 Å². The second-order valence-corrected chi connectivity index (χ2v) is 5.76. The molecule has 1 aliphatic carbocycles. The quantitative estimate of drug-likeness (QED) is 0.769. The minimum Gasteiger partial charge on any atom is -0.331 e. The number of nitrogens with zero attached hydrogens (tertiary/aromatic N) is 3. The van der Waals surface area contributed by atoms with Gasteiger partial charge in [-0.15, -0.1) is 0 Å². The van der Waals surface area contributed by atoms with Crippen molar-refractivity contribution in [1.82, 2.24) is 13.6 Å². The Hall–Kier alpha value is -0.970. The van der Waals surface area contributed by atoms with E-state index in [2.05, 4.69) is 20.6 Å². The highest BCUT2D eigenvalue weighted by molar-refractivity contribution is 6.99. The number of hydrogen-bond donors (Lipinski definition) is 0. The summed E-state index contributed by atoms with van der Waals surface area (Å²) in [5, 5.41) is 0. The minimum absolute atomic E-state index is 0.0839. The first-order chi connectivity index (χ1) is 8.27. The van der Waals surface area contributed by atoms with Crippen LogP contribution in [0.5, 0.6) is 0 Å². The Morgan fingerprint density at radius 3 is 3.06 bits per heavy atom. The van der Waals surface area contributed by atoms with Crippen molar-refractivity contribution in [2.24, 2.45) is 5.92 Å². The molecule has 1 amide bonds. The van der Waals surface area contributed by atoms with Crippen LogP contribution in [0, 0.1) is 5.92 Å². The Kier molecular flexibility index (Phi) is 2.86. The summed E-state index contributed by atoms with van der Waals surface area (Å²) >= 11 is 1.11. The molecule has 0 aromatic carbocycles. The van der Waals surface area contributed by atoms with Crippen LogP contribution < -0.4 is 0 Å². The van der Waals surface area contributed by atoms with E-state index in [1.165, 1.54) is 19.3 Å². The van der Waals surface area contributed by atoms with Gasteiger partial charge in [0.15, 0.2) is 5.69 Å². The summed E-state index contributed by atoms with van der Waals surface area (Å²) < 4.78 is 8.00. The van der Waals surface area contributed by atoms with Crippen molar-refractivity contribution in [2.75, 3.05) is 0 Å². The number of carbonyl (C=O) groups is 1. The van der Waals surface area contributed by atoms with E-state index in [0.29, 0.717) is 23.7 Å². The average molecular weight is 251 g/mol. The lowest BCUT2D eigenvalue weighted by molar-refractivity contribution is 0.0628. The van der Waals surface area contributed by atoms with E-state index in [4.69, 9.17) is 0 Å². The van der Waals surface area contributed by atoms with Crippen LogP contribution in [0.1, 0.15) is 49.5 Å². The number of aromatic nitrogens is 2. The van der Waals surface area contributed by atoms with Gasteiger partial charge in [-0.25, -0.2) is 0 Å². The molecular formula is C12H17N3OS. The molecule has 0 bridgehead atoms. The predicted molar refractivity (Wildman–Crippen MR) is 65.9 cm³/mol. The van der Waals surface area contributed by atoms with E-state index in [0.717, 1.165) is 24.6 Å². The number of rotatable bonds is 1. The smallest absolute Gasteiger partial charge is 0.275 e. The molecule has 4 nitrogen and oxygen atoms in total. The third kappa shape index (κ3) is 1.86. The van der Waals surface area contributed by atoms with Gasteiger partial charge >= 0.3 is 0 Å². The van der Waals surface area contributed by atoms with Gasteiger partial charge in [-0.1, -0.05) is 12.8 Å². The number of likely N-dealkylation sites (tertiary alicyclic amines) is 1. The van der Waals surface area contributed by atoms with E-state index >= 15 is 0 Å². The summed E-state index contributed by atoms with van der Waals surface area (Å²) in [6.07, 6.45) is 7.79. The maximum atomic E-state index is 12.4. The monoisotopic (exact) mass is 251 g/mol. The predicted octanol–water partition coefficient (Wildman–Crippen LogP) is 2.33. The van der Waals surface area contributed by atoms with Crippen molar-refractivity contribution in [3.8, 4) is 0 Å². The molecule has 0 N–H and O–H groups in total. The van der Waals surface area contributed by atoms with Gasteiger partial charge in [0, 0.05) is 12.1 Å². The van der Waals surface area contributed by atoms with E-state index in [1.54, 1.807) is 6.20 Å². The fraction of sp³-hybridized carbons (Fsp3) is 0.750. The zero-order valence-corrected chi connectivity index (χ0v) is 10.8. The third-order valence-corrected chi connectivity index (χ3v) is 4.64. The van der Waals surface area contributed by atoms with Gasteiger partial charge < -0.3 is 4.90 Å². The normalized spacial score (nSPS) is 32.5. The fourth-order valence-electron chi connectivity index (χ4n) is 3.45. The standard InChI is InChI=1S/C12H17N3OS/c1-8-6-9-4-2-3-5-11(9)15(8)12(16)10-7-13-17-14-10/h7-9,11H,2-6H2,1H3. The molecule has 2 heterocycles. The third-order valence-electron chi connectivity index (χ3n) is 4.16. The van der Waals surface area contributed by atoms with E-state index in [-0.39, 0.29) is 5.91 Å². The molecule has 1 aromatic rings. The first-order valence-corrected chi connectivity index (χ1v) is 7.10. The Bertz CT molecular complexity index is 406. The zero-order chi connectivity index (χ0) is 11.8. The molecule has 2 fully saturated rings. The number of hydrogen-bond acceptors (Lipinski definition) is 4. The second-order valence-electron chi connectivity index (χ2n) is 5.20. The summed E-state index contributed by atoms with van der Waals surface area (Å²) in [7, 11) is 0. The van der Waals surface area contributed by atoms with Crippen LogP contribution in [0.2, 0.25) is 0 Å². The highest BCUT2D eigenvalue weighted by atomic mass is 32.1. The molecule has 5 heteroatoms. The first-order valence-electron chi connectivity index (χ1n) is 6.37. The minimum atomic E-state index is 0.0839. The van der Waals surface area contributed by atoms with Crippen LogP contribution >= 0.6 is 11.7 Å². The number of carbonyl (C=O) groups excluding carboxylic acids is 1. The molecule has 17 heavy (non-hydrogen) atoms. The molecule has 92 valence electrons. The Morgan fingerprint density at radius 1 is 1.47 bits per heavy atom. The molecule has 0 radical (unpaired) electrons. The molecule has 3 unspecified atom stereocenters. The van der Waals surface area contributed by atoms with Gasteiger partial charge in [0.05, 0.1) is 17.9 Å². The summed E-state index contributed by atoms with van der Waals surface area (Å²) in [6.45, 7) is 2.16. The van der Waals surface area contributed by atoms with E-state index in [9.17, 15) is 4.79 Å². The molecule has 3 atom stereocenters. The van der Waals surface area contributed by atoms with Crippen LogP contribution in [0.4, 0.5) is 0 Å². The Balaban J connectivity index is 1.84. The van der Waals surface area contributed by atoms with Crippen LogP contribution in [-0.2, 0) is 0 Å². The first kappa shape index (κ1) is 11.1. The van der Waals surface area contributed by atoms with Crippen molar-refractivity contribution < 1.29 is 4.79 Å². The number of fused-ring (bicyclic) bond motifs is 1. The molecule has 1 saturated carbocycles. The van der Waals surface area contributed by atoms with Crippen LogP contribution in [-0.4, -0.2) is 31.6 Å². The highest BCUT2D eigenvalue weighted by Gasteiger charge is 2.43. The van der Waals surface area contributed by atoms with Crippen molar-refractivity contribution in [3.05, 3.63) is 11.9 Å². The zero-order valence-electron chi connectivity index (χ0n) is 10.0. The molecular weight excluding hydrogens is 234 g/mol. The van der Waals surface area contributed by atoms with E-state index in [1.807, 2.05) is 0 Å². The van der Waals surface area contributed by atoms with E-state index < -0.39 is 0 Å². The largest absolute Gasteiger partial charge is 0.331 e. The highest BCUT2D eigenvalue weighted by Crippen LogP contribution is 2.40. The maximum absolute atomic E-state index is 12.4. The molecule has 2 aliphatic rings. The van der Waals surface area contributed by atoms with Crippen molar-refractivity contribution in [3.63, 3.8) is 0 Å². The molecule has 3 rings (SSSR count). The van der Waals surface area contributed by atoms with Gasteiger partial charge in [-0.2, -0.15) is 8.75 Å². The average Bonchev–Trinajstić information content (AvgIpc) is 2.94. The summed E-state index contributed by atoms with van der Waals surface area (Å²) in [5.41, 5.74) is 0.521. The van der Waals surface area contributed by atoms with Gasteiger partial charge in [-0.3, -0.25) is 4.79 Å². The lowest BCUT2D eigenvalue weighted by atomic mass is 9.85. The topological polar surface area (TPSA) is 46.1 Å². The molecule has 0 spiro atoms. The van der Waals surface area contributed by atoms with Crippen LogP contribution in [0.15, 0.2) is 6.20 Å². The molecule has 1 aliphatic heterocycles. The summed E-state index contributed by atoms with van der Waals surface area (Å²) in [5.74, 6) is 0.801. The number of amides is 1. The maximum Gasteiger partial charge on any atom is 0.275 e. The van der Waals surface area contributed by atoms with Gasteiger partial charge in [0.25, 0.3) is 5.91 Å². The van der Waals surface area contributed by atoms with Crippen molar-refractivity contribution >= 4 is 17.6 Å². The van der Waals surface area contributed by atoms with Gasteiger partial charge in [-0.05, 0) is 32.1 Å². The lowest BCUT2D eigenvalue weighted by Crippen LogP contribution is -2.42. The van der Waals surface area contributed by atoms with Crippen molar-refractivity contribution in [1.29, 1.82) is 0 Å². The van der Waals surface area contributed by atoms with Crippen LogP contribution in [0.3, 0.4) is 0 Å². The second kappa shape index (κ2) is 4.37. The lowest BCUT2D eigenvalue weighted by Gasteiger charge is -2.32. The summed E-state index contributed by atoms with van der Waals surface area (Å²) in [6, 6.07) is 0.810. The molecule has 1 saturated heterocycles.